The van der Waals surface area contributed by atoms with Crippen LogP contribution in [0.25, 0.3) is 0 Å². The molecule has 3 aromatic carbocycles. The molecule has 0 spiro atoms. The molecule has 14 heteroatoms. The highest BCUT2D eigenvalue weighted by molar-refractivity contribution is 7.97. The van der Waals surface area contributed by atoms with E-state index in [0.717, 1.165) is 0 Å². The Morgan fingerprint density at radius 3 is 0.938 bits per heavy atom. The standard InChI is InChI=1S/C30H39S.C4HF9O3S/c1-28(2,3)22-16-10-13-19-25(22)31(26-20-14-11-17-23(26)29(4,5)6)27-21-15-12-18-24(27)30(7,8)9;5-1(6,3(9,10)11)2(7,8)4(12,13)17(14,15)16/h10-21H,1-9H3;(H,14,15,16)/q+1;/p-1. The van der Waals surface area contributed by atoms with Gasteiger partial charge in [-0.2, -0.15) is 39.5 Å². The number of benzene rings is 3. The molecule has 48 heavy (non-hydrogen) atoms. The molecule has 268 valence electrons. The summed E-state index contributed by atoms with van der Waals surface area (Å²) < 4.78 is 135. The second kappa shape index (κ2) is 13.5. The van der Waals surface area contributed by atoms with Gasteiger partial charge in [-0.3, -0.25) is 0 Å². The minimum atomic E-state index is -7.43. The first-order valence-corrected chi connectivity index (χ1v) is 17.1. The van der Waals surface area contributed by atoms with E-state index in [9.17, 15) is 52.5 Å². The zero-order valence-corrected chi connectivity index (χ0v) is 29.5. The fourth-order valence-electron chi connectivity index (χ4n) is 4.67. The van der Waals surface area contributed by atoms with Crippen LogP contribution in [0.3, 0.4) is 0 Å². The second-order valence-corrected chi connectivity index (χ2v) is 17.5. The van der Waals surface area contributed by atoms with Gasteiger partial charge in [0.25, 0.3) is 0 Å². The smallest absolute Gasteiger partial charge is 0.460 e. The molecule has 3 rings (SSSR count). The largest absolute Gasteiger partial charge is 0.743 e. The summed E-state index contributed by atoms with van der Waals surface area (Å²) >= 11 is 0. The lowest BCUT2D eigenvalue weighted by molar-refractivity contribution is -0.382. The molecule has 0 aliphatic rings. The predicted molar refractivity (Wildman–Crippen MR) is 168 cm³/mol. The Kier molecular flexibility index (Phi) is 11.7. The van der Waals surface area contributed by atoms with Crippen molar-refractivity contribution in [2.45, 2.75) is 117 Å². The maximum Gasteiger partial charge on any atom is 0.460 e. The van der Waals surface area contributed by atoms with Crippen molar-refractivity contribution < 1.29 is 52.5 Å². The highest BCUT2D eigenvalue weighted by Crippen LogP contribution is 2.54. The van der Waals surface area contributed by atoms with Crippen molar-refractivity contribution in [1.29, 1.82) is 0 Å². The van der Waals surface area contributed by atoms with E-state index in [4.69, 9.17) is 0 Å². The van der Waals surface area contributed by atoms with Crippen molar-refractivity contribution in [1.82, 2.24) is 0 Å². The van der Waals surface area contributed by atoms with Gasteiger partial charge in [-0.1, -0.05) is 117 Å². The fraction of sp³-hybridized carbons (Fsp3) is 0.471. The first kappa shape index (κ1) is 41.5. The summed E-state index contributed by atoms with van der Waals surface area (Å²) in [5.41, 5.74) is 4.54. The highest BCUT2D eigenvalue weighted by atomic mass is 32.2. The second-order valence-electron chi connectivity index (χ2n) is 14.2. The number of rotatable bonds is 6. The van der Waals surface area contributed by atoms with E-state index >= 15 is 0 Å². The van der Waals surface area contributed by atoms with Crippen molar-refractivity contribution in [3.8, 4) is 0 Å². The third-order valence-electron chi connectivity index (χ3n) is 7.17. The van der Waals surface area contributed by atoms with Crippen LogP contribution in [0.15, 0.2) is 87.5 Å². The van der Waals surface area contributed by atoms with Gasteiger partial charge in [-0.25, -0.2) is 8.42 Å². The van der Waals surface area contributed by atoms with E-state index in [0.29, 0.717) is 0 Å². The maximum atomic E-state index is 12.2. The minimum absolute atomic E-state index is 0.0786. The highest BCUT2D eigenvalue weighted by Gasteiger charge is 2.83. The Labute approximate surface area is 279 Å². The summed E-state index contributed by atoms with van der Waals surface area (Å²) in [5, 5.41) is -7.11. The average Bonchev–Trinajstić information content (AvgIpc) is 2.91. The van der Waals surface area contributed by atoms with Gasteiger partial charge < -0.3 is 4.55 Å². The molecule has 0 N–H and O–H groups in total. The normalized spacial score (nSPS) is 14.1. The summed E-state index contributed by atoms with van der Waals surface area (Å²) in [6.07, 6.45) is -7.16. The van der Waals surface area contributed by atoms with Crippen LogP contribution in [-0.4, -0.2) is 36.2 Å². The maximum absolute atomic E-state index is 12.2. The Hall–Kier alpha value is -2.71. The predicted octanol–water partition coefficient (Wildman–Crippen LogP) is 10.6. The van der Waals surface area contributed by atoms with Crippen molar-refractivity contribution >= 4 is 21.0 Å². The molecule has 0 aromatic heterocycles. The van der Waals surface area contributed by atoms with Gasteiger partial charge in [0.15, 0.2) is 24.8 Å². The van der Waals surface area contributed by atoms with Gasteiger partial charge in [0.2, 0.25) is 0 Å². The third kappa shape index (κ3) is 8.35. The molecule has 0 fully saturated rings. The molecule has 0 saturated carbocycles. The Bertz CT molecular complexity index is 1540. The van der Waals surface area contributed by atoms with Crippen LogP contribution >= 0.6 is 0 Å². The third-order valence-corrected chi connectivity index (χ3v) is 10.4. The summed E-state index contributed by atoms with van der Waals surface area (Å²) in [5.74, 6) is -14.8. The average molecular weight is 731 g/mol. The monoisotopic (exact) mass is 730 g/mol. The van der Waals surface area contributed by atoms with E-state index in [-0.39, 0.29) is 27.1 Å². The lowest BCUT2D eigenvalue weighted by Crippen LogP contribution is -2.63. The molecule has 0 atom stereocenters. The molecule has 3 aromatic rings. The number of hydrogen-bond donors (Lipinski definition) is 0. The summed E-state index contributed by atoms with van der Waals surface area (Å²) in [6, 6.07) is 27.3. The van der Waals surface area contributed by atoms with E-state index in [2.05, 4.69) is 135 Å². The molecule has 3 nitrogen and oxygen atoms in total. The van der Waals surface area contributed by atoms with Crippen molar-refractivity contribution in [2.75, 3.05) is 0 Å². The lowest BCUT2D eigenvalue weighted by Gasteiger charge is -2.34. The summed E-state index contributed by atoms with van der Waals surface area (Å²) in [4.78, 5) is 4.34. The first-order valence-electron chi connectivity index (χ1n) is 14.5. The van der Waals surface area contributed by atoms with E-state index in [1.54, 1.807) is 0 Å². The van der Waals surface area contributed by atoms with Gasteiger partial charge in [0.05, 0.1) is 0 Å². The van der Waals surface area contributed by atoms with Crippen molar-refractivity contribution in [2.24, 2.45) is 0 Å². The lowest BCUT2D eigenvalue weighted by atomic mass is 9.87. The van der Waals surface area contributed by atoms with E-state index in [1.807, 2.05) is 0 Å². The number of hydrogen-bond acceptors (Lipinski definition) is 3. The molecule has 0 amide bonds. The molecule has 0 saturated heterocycles. The molecule has 0 bridgehead atoms. The van der Waals surface area contributed by atoms with Gasteiger partial charge in [0, 0.05) is 16.7 Å². The Morgan fingerprint density at radius 1 is 0.479 bits per heavy atom. The number of alkyl halides is 9. The molecular weight excluding hydrogens is 691 g/mol. The Morgan fingerprint density at radius 2 is 0.729 bits per heavy atom. The SMILES string of the molecule is CC(C)(C)c1ccccc1[S+](c1ccccc1C(C)(C)C)c1ccccc1C(C)(C)C.O=S(=O)([O-])C(F)(F)C(F)(F)C(F)(F)C(F)(F)F. The zero-order valence-electron chi connectivity index (χ0n) is 27.9. The summed E-state index contributed by atoms with van der Waals surface area (Å²) in [6.45, 7) is 21.0. The molecule has 0 radical (unpaired) electrons. The topological polar surface area (TPSA) is 57.2 Å². The van der Waals surface area contributed by atoms with Gasteiger partial charge >= 0.3 is 23.3 Å². The summed E-state index contributed by atoms with van der Waals surface area (Å²) in [7, 11) is -7.61. The van der Waals surface area contributed by atoms with Crippen LogP contribution in [0.1, 0.15) is 79.0 Å². The quantitative estimate of drug-likeness (QED) is 0.144. The van der Waals surface area contributed by atoms with Crippen LogP contribution < -0.4 is 0 Å². The molecule has 0 aliphatic heterocycles. The van der Waals surface area contributed by atoms with Crippen LogP contribution in [0, 0.1) is 0 Å². The van der Waals surface area contributed by atoms with Crippen LogP contribution in [0.4, 0.5) is 39.5 Å². The molecule has 0 unspecified atom stereocenters. The van der Waals surface area contributed by atoms with Crippen LogP contribution in [0.5, 0.6) is 0 Å². The Balaban J connectivity index is 0.000000401. The molecule has 0 aliphatic carbocycles. The fourth-order valence-corrected chi connectivity index (χ4v) is 8.25. The van der Waals surface area contributed by atoms with E-state index < -0.39 is 33.4 Å². The van der Waals surface area contributed by atoms with Crippen molar-refractivity contribution in [3.05, 3.63) is 89.5 Å². The molecular formula is C34H39F9O3S2. The van der Waals surface area contributed by atoms with Crippen LogP contribution in [-0.2, 0) is 37.3 Å². The van der Waals surface area contributed by atoms with Gasteiger partial charge in [-0.05, 0) is 34.4 Å². The first-order chi connectivity index (χ1) is 21.3. The van der Waals surface area contributed by atoms with Gasteiger partial charge in [-0.15, -0.1) is 0 Å². The number of halogens is 9. The molecule has 0 heterocycles. The zero-order chi connectivity index (χ0) is 37.5. The van der Waals surface area contributed by atoms with Crippen molar-refractivity contribution in [3.63, 3.8) is 0 Å². The van der Waals surface area contributed by atoms with Gasteiger partial charge in [0.1, 0.15) is 10.9 Å². The van der Waals surface area contributed by atoms with E-state index in [1.165, 1.54) is 31.4 Å². The minimum Gasteiger partial charge on any atom is -0.743 e. The van der Waals surface area contributed by atoms with Crippen LogP contribution in [0.2, 0.25) is 0 Å².